The first kappa shape index (κ1) is 26.4. The van der Waals surface area contributed by atoms with Gasteiger partial charge in [-0.2, -0.15) is 0 Å². The second-order valence-electron chi connectivity index (χ2n) is 10.4. The largest absolute Gasteiger partial charge is 0.493 e. The van der Waals surface area contributed by atoms with Gasteiger partial charge < -0.3 is 29.2 Å². The van der Waals surface area contributed by atoms with Crippen molar-refractivity contribution in [2.75, 3.05) is 25.5 Å². The van der Waals surface area contributed by atoms with Crippen LogP contribution in [0.1, 0.15) is 58.4 Å². The Balaban J connectivity index is 1.34. The summed E-state index contributed by atoms with van der Waals surface area (Å²) in [5.41, 5.74) is 1.31. The Kier molecular flexibility index (Phi) is 7.95. The zero-order valence-corrected chi connectivity index (χ0v) is 22.2. The van der Waals surface area contributed by atoms with E-state index in [0.717, 1.165) is 0 Å². The average molecular weight is 509 g/mol. The molecule has 2 aromatic rings. The van der Waals surface area contributed by atoms with E-state index < -0.39 is 5.60 Å². The van der Waals surface area contributed by atoms with Gasteiger partial charge in [-0.1, -0.05) is 12.1 Å². The van der Waals surface area contributed by atoms with Crippen molar-refractivity contribution in [2.45, 2.75) is 64.6 Å². The van der Waals surface area contributed by atoms with Crippen molar-refractivity contribution in [3.63, 3.8) is 0 Å². The predicted molar refractivity (Wildman–Crippen MR) is 141 cm³/mol. The smallest absolute Gasteiger partial charge is 0.410 e. The van der Waals surface area contributed by atoms with Crippen molar-refractivity contribution in [2.24, 2.45) is 0 Å². The first-order valence-corrected chi connectivity index (χ1v) is 12.7. The average Bonchev–Trinajstić information content (AvgIpc) is 3.60. The second-order valence-corrected chi connectivity index (χ2v) is 10.4. The van der Waals surface area contributed by atoms with Crippen LogP contribution in [0.2, 0.25) is 0 Å². The van der Waals surface area contributed by atoms with Gasteiger partial charge in [-0.3, -0.25) is 4.79 Å². The van der Waals surface area contributed by atoms with Crippen LogP contribution in [0.5, 0.6) is 17.2 Å². The highest BCUT2D eigenvalue weighted by Gasteiger charge is 2.31. The zero-order chi connectivity index (χ0) is 26.6. The maximum Gasteiger partial charge on any atom is 0.410 e. The third kappa shape index (κ3) is 7.18. The van der Waals surface area contributed by atoms with Crippen LogP contribution >= 0.6 is 0 Å². The van der Waals surface area contributed by atoms with Crippen molar-refractivity contribution in [1.82, 2.24) is 4.90 Å². The van der Waals surface area contributed by atoms with Crippen LogP contribution in [0.4, 0.5) is 10.5 Å². The highest BCUT2D eigenvalue weighted by molar-refractivity contribution is 6.02. The molecule has 8 heteroatoms. The lowest BCUT2D eigenvalue weighted by atomic mass is 10.1. The number of methoxy groups -OCH3 is 1. The minimum atomic E-state index is -0.544. The summed E-state index contributed by atoms with van der Waals surface area (Å²) in [5, 5.41) is 2.85. The molecule has 0 spiro atoms. The Bertz CT molecular complexity index is 1150. The zero-order valence-electron chi connectivity index (χ0n) is 22.2. The third-order valence-electron chi connectivity index (χ3n) is 6.15. The molecule has 1 saturated carbocycles. The molecule has 1 atom stereocenters. The molecule has 2 amide bonds. The SMILES string of the molecule is CC=C(Oc1ccc(C2CC2)cc1)C(=O)Nc1ccc(OC2CCN(C(=O)OC(C)(C)C)C2)c(OC)c1. The summed E-state index contributed by atoms with van der Waals surface area (Å²) in [5.74, 6) is 2.13. The second kappa shape index (κ2) is 11.2. The third-order valence-corrected chi connectivity index (χ3v) is 6.15. The summed E-state index contributed by atoms with van der Waals surface area (Å²) in [6.45, 7) is 8.28. The van der Waals surface area contributed by atoms with Crippen molar-refractivity contribution < 1.29 is 28.5 Å². The monoisotopic (exact) mass is 508 g/mol. The molecule has 2 aliphatic rings. The summed E-state index contributed by atoms with van der Waals surface area (Å²) in [6, 6.07) is 13.1. The number of nitrogens with zero attached hydrogens (tertiary/aromatic N) is 1. The molecule has 2 aromatic carbocycles. The number of allylic oxidation sites excluding steroid dienone is 1. The number of ether oxygens (including phenoxy) is 4. The fraction of sp³-hybridized carbons (Fsp3) is 0.448. The van der Waals surface area contributed by atoms with Crippen molar-refractivity contribution in [3.05, 3.63) is 59.9 Å². The maximum absolute atomic E-state index is 12.9. The Hall–Kier alpha value is -3.68. The van der Waals surface area contributed by atoms with Gasteiger partial charge in [0.15, 0.2) is 17.3 Å². The first-order valence-electron chi connectivity index (χ1n) is 12.7. The van der Waals surface area contributed by atoms with Gasteiger partial charge in [-0.25, -0.2) is 4.79 Å². The molecule has 1 unspecified atom stereocenters. The van der Waals surface area contributed by atoms with E-state index in [9.17, 15) is 9.59 Å². The fourth-order valence-corrected chi connectivity index (χ4v) is 4.12. The van der Waals surface area contributed by atoms with Crippen LogP contribution in [0.15, 0.2) is 54.3 Å². The van der Waals surface area contributed by atoms with Crippen LogP contribution in [0, 0.1) is 0 Å². The fourth-order valence-electron chi connectivity index (χ4n) is 4.12. The van der Waals surface area contributed by atoms with Crippen LogP contribution in [0.25, 0.3) is 0 Å². The molecule has 1 heterocycles. The van der Waals surface area contributed by atoms with Gasteiger partial charge in [-0.15, -0.1) is 0 Å². The number of carbonyl (C=O) groups is 2. The number of carbonyl (C=O) groups excluding carboxylic acids is 2. The van der Waals surface area contributed by atoms with Gasteiger partial charge in [0.05, 0.1) is 13.7 Å². The van der Waals surface area contributed by atoms with Gasteiger partial charge >= 0.3 is 6.09 Å². The van der Waals surface area contributed by atoms with Crippen LogP contribution in [0.3, 0.4) is 0 Å². The van der Waals surface area contributed by atoms with E-state index in [0.29, 0.717) is 48.4 Å². The van der Waals surface area contributed by atoms with Crippen molar-refractivity contribution in [1.29, 1.82) is 0 Å². The van der Waals surface area contributed by atoms with Crippen LogP contribution in [-0.2, 0) is 9.53 Å². The van der Waals surface area contributed by atoms with Gasteiger partial charge in [0.2, 0.25) is 0 Å². The van der Waals surface area contributed by atoms with Crippen molar-refractivity contribution in [3.8, 4) is 17.2 Å². The lowest BCUT2D eigenvalue weighted by Crippen LogP contribution is -2.36. The van der Waals surface area contributed by atoms with Crippen LogP contribution < -0.4 is 19.5 Å². The predicted octanol–water partition coefficient (Wildman–Crippen LogP) is 5.88. The number of amides is 2. The van der Waals surface area contributed by atoms with E-state index in [4.69, 9.17) is 18.9 Å². The number of likely N-dealkylation sites (tertiary alicyclic amines) is 1. The Morgan fingerprint density at radius 2 is 1.76 bits per heavy atom. The van der Waals surface area contributed by atoms with Gasteiger partial charge in [0.1, 0.15) is 17.5 Å². The van der Waals surface area contributed by atoms with E-state index in [1.165, 1.54) is 18.4 Å². The summed E-state index contributed by atoms with van der Waals surface area (Å²) in [6.07, 6.45) is 4.27. The molecule has 2 fully saturated rings. The molecule has 0 aromatic heterocycles. The van der Waals surface area contributed by atoms with Crippen molar-refractivity contribution >= 4 is 17.7 Å². The highest BCUT2D eigenvalue weighted by atomic mass is 16.6. The summed E-state index contributed by atoms with van der Waals surface area (Å²) in [4.78, 5) is 26.9. The molecular weight excluding hydrogens is 472 g/mol. The van der Waals surface area contributed by atoms with Crippen LogP contribution in [-0.4, -0.2) is 48.8 Å². The number of nitrogens with one attached hydrogen (secondary N) is 1. The van der Waals surface area contributed by atoms with E-state index in [-0.39, 0.29) is 23.9 Å². The first-order chi connectivity index (χ1) is 17.6. The van der Waals surface area contributed by atoms with E-state index >= 15 is 0 Å². The topological polar surface area (TPSA) is 86.3 Å². The molecular formula is C29H36N2O6. The molecule has 8 nitrogen and oxygen atoms in total. The quantitative estimate of drug-likeness (QED) is 0.354. The lowest BCUT2D eigenvalue weighted by molar-refractivity contribution is -0.114. The number of hydrogen-bond donors (Lipinski definition) is 1. The molecule has 1 aliphatic heterocycles. The van der Waals surface area contributed by atoms with Gasteiger partial charge in [0.25, 0.3) is 5.91 Å². The van der Waals surface area contributed by atoms with E-state index in [1.807, 2.05) is 32.9 Å². The van der Waals surface area contributed by atoms with E-state index in [2.05, 4.69) is 17.4 Å². The number of benzene rings is 2. The standard InChI is InChI=1S/C29H36N2O6/c1-6-24(35-22-12-9-20(10-13-22)19-7-8-19)27(32)30-21-11-14-25(26(17-21)34-5)36-23-15-16-31(18-23)28(33)37-29(2,3)4/h6,9-14,17,19,23H,7-8,15-16,18H2,1-5H3,(H,30,32). The maximum atomic E-state index is 12.9. The molecule has 0 bridgehead atoms. The molecule has 37 heavy (non-hydrogen) atoms. The normalized spacial score (nSPS) is 17.8. The molecule has 198 valence electrons. The number of hydrogen-bond acceptors (Lipinski definition) is 6. The minimum absolute atomic E-state index is 0.184. The van der Waals surface area contributed by atoms with E-state index in [1.54, 1.807) is 43.2 Å². The number of anilines is 1. The Morgan fingerprint density at radius 3 is 2.38 bits per heavy atom. The number of rotatable bonds is 8. The molecule has 1 aliphatic carbocycles. The Morgan fingerprint density at radius 1 is 1.03 bits per heavy atom. The molecule has 4 rings (SSSR count). The van der Waals surface area contributed by atoms with Gasteiger partial charge in [0, 0.05) is 24.7 Å². The summed E-state index contributed by atoms with van der Waals surface area (Å²) >= 11 is 0. The molecule has 1 saturated heterocycles. The summed E-state index contributed by atoms with van der Waals surface area (Å²) in [7, 11) is 1.54. The summed E-state index contributed by atoms with van der Waals surface area (Å²) < 4.78 is 22.9. The molecule has 0 radical (unpaired) electrons. The molecule has 1 N–H and O–H groups in total. The van der Waals surface area contributed by atoms with Gasteiger partial charge in [-0.05, 0) is 82.4 Å². The minimum Gasteiger partial charge on any atom is -0.493 e. The Labute approximate surface area is 218 Å². The lowest BCUT2D eigenvalue weighted by Gasteiger charge is -2.24. The highest BCUT2D eigenvalue weighted by Crippen LogP contribution is 2.40.